The highest BCUT2D eigenvalue weighted by Crippen LogP contribution is 2.20. The van der Waals surface area contributed by atoms with Gasteiger partial charge in [-0.1, -0.05) is 12.1 Å². The Balaban J connectivity index is 0.00000156. The van der Waals surface area contributed by atoms with E-state index in [0.717, 1.165) is 36.6 Å². The van der Waals surface area contributed by atoms with Crippen molar-refractivity contribution in [3.8, 4) is 5.75 Å². The van der Waals surface area contributed by atoms with Crippen molar-refractivity contribution in [3.05, 3.63) is 45.9 Å². The van der Waals surface area contributed by atoms with Crippen molar-refractivity contribution in [1.29, 1.82) is 0 Å². The summed E-state index contributed by atoms with van der Waals surface area (Å²) in [4.78, 5) is 16.9. The zero-order valence-corrected chi connectivity index (χ0v) is 16.4. The minimum absolute atomic E-state index is 0. The Hall–Kier alpha value is -1.34. The molecular weight excluding hydrogens is 381 g/mol. The van der Waals surface area contributed by atoms with Crippen LogP contribution in [0.5, 0.6) is 5.75 Å². The van der Waals surface area contributed by atoms with Crippen LogP contribution in [0.4, 0.5) is 0 Å². The second-order valence-corrected chi connectivity index (χ2v) is 6.72. The number of nitrogens with one attached hydrogen (secondary N) is 2. The van der Waals surface area contributed by atoms with Gasteiger partial charge >= 0.3 is 0 Å². The number of aromatic nitrogens is 1. The first-order valence-electron chi connectivity index (χ1n) is 7.87. The van der Waals surface area contributed by atoms with Gasteiger partial charge in [0.2, 0.25) is 0 Å². The molecule has 3 rings (SSSR count). The van der Waals surface area contributed by atoms with Crippen LogP contribution in [0.25, 0.3) is 0 Å². The van der Waals surface area contributed by atoms with E-state index >= 15 is 0 Å². The Morgan fingerprint density at radius 3 is 2.88 bits per heavy atom. The van der Waals surface area contributed by atoms with Gasteiger partial charge in [-0.2, -0.15) is 0 Å². The summed E-state index contributed by atoms with van der Waals surface area (Å²) in [7, 11) is 0. The second-order valence-electron chi connectivity index (χ2n) is 5.66. The number of rotatable bonds is 5. The van der Waals surface area contributed by atoms with E-state index in [1.807, 2.05) is 30.5 Å². The minimum atomic E-state index is -0.0799. The molecule has 8 heteroatoms. The van der Waals surface area contributed by atoms with Gasteiger partial charge in [-0.25, -0.2) is 4.98 Å². The summed E-state index contributed by atoms with van der Waals surface area (Å²) in [6.45, 7) is 4.19. The molecule has 138 valence electrons. The Labute approximate surface area is 164 Å². The maximum atomic E-state index is 12.5. The van der Waals surface area contributed by atoms with E-state index in [9.17, 15) is 4.79 Å². The number of benzene rings is 1. The number of carbonyl (C=O) groups is 1. The molecule has 0 radical (unpaired) electrons. The minimum Gasteiger partial charge on any atom is -0.486 e. The number of para-hydroxylation sites is 1. The first-order valence-corrected chi connectivity index (χ1v) is 8.75. The van der Waals surface area contributed by atoms with Gasteiger partial charge in [0.15, 0.2) is 0 Å². The largest absolute Gasteiger partial charge is 0.486 e. The van der Waals surface area contributed by atoms with Crippen LogP contribution in [-0.4, -0.2) is 30.0 Å². The molecule has 1 fully saturated rings. The molecular formula is C17H23Cl2N3O2S. The normalized spacial score (nSPS) is 16.3. The fourth-order valence-electron chi connectivity index (χ4n) is 2.64. The van der Waals surface area contributed by atoms with Crippen LogP contribution in [0.15, 0.2) is 29.6 Å². The van der Waals surface area contributed by atoms with Crippen LogP contribution < -0.4 is 15.4 Å². The van der Waals surface area contributed by atoms with E-state index in [-0.39, 0.29) is 36.8 Å². The maximum Gasteiger partial charge on any atom is 0.255 e. The number of thiazole rings is 1. The van der Waals surface area contributed by atoms with Crippen LogP contribution in [0, 0.1) is 6.92 Å². The summed E-state index contributed by atoms with van der Waals surface area (Å²) in [5, 5.41) is 9.38. The van der Waals surface area contributed by atoms with Gasteiger partial charge in [-0.05, 0) is 38.4 Å². The highest BCUT2D eigenvalue weighted by molar-refractivity contribution is 7.09. The lowest BCUT2D eigenvalue weighted by atomic mass is 10.1. The molecule has 0 spiro atoms. The molecule has 0 bridgehead atoms. The number of ether oxygens (including phenoxy) is 1. The van der Waals surface area contributed by atoms with Crippen molar-refractivity contribution < 1.29 is 9.53 Å². The van der Waals surface area contributed by atoms with Gasteiger partial charge in [-0.15, -0.1) is 36.2 Å². The van der Waals surface area contributed by atoms with Crippen LogP contribution in [-0.2, 0) is 6.61 Å². The number of hydrogen-bond acceptors (Lipinski definition) is 5. The van der Waals surface area contributed by atoms with E-state index in [1.54, 1.807) is 17.4 Å². The van der Waals surface area contributed by atoms with Gasteiger partial charge in [0.1, 0.15) is 12.4 Å². The second kappa shape index (κ2) is 10.6. The van der Waals surface area contributed by atoms with Crippen molar-refractivity contribution >= 4 is 42.1 Å². The number of piperidine rings is 1. The number of carbonyl (C=O) groups excluding carboxylic acids is 1. The lowest BCUT2D eigenvalue weighted by Gasteiger charge is -2.24. The number of nitrogens with zero attached hydrogens (tertiary/aromatic N) is 1. The lowest BCUT2D eigenvalue weighted by Crippen LogP contribution is -2.45. The zero-order valence-electron chi connectivity index (χ0n) is 14.0. The summed E-state index contributed by atoms with van der Waals surface area (Å²) < 4.78 is 5.81. The quantitative estimate of drug-likeness (QED) is 0.802. The predicted octanol–water partition coefficient (Wildman–Crippen LogP) is 3.36. The molecule has 2 heterocycles. The SMILES string of the molecule is Cc1nc(COc2ccccc2C(=O)N[C@H]2CCCNC2)cs1.Cl.Cl. The first kappa shape index (κ1) is 21.7. The molecule has 0 saturated carbocycles. The molecule has 1 aromatic heterocycles. The van der Waals surface area contributed by atoms with Crippen LogP contribution >= 0.6 is 36.2 Å². The molecule has 0 aliphatic carbocycles. The molecule has 1 atom stereocenters. The number of aryl methyl sites for hydroxylation is 1. The summed E-state index contributed by atoms with van der Waals surface area (Å²) >= 11 is 1.60. The van der Waals surface area contributed by atoms with Crippen molar-refractivity contribution in [3.63, 3.8) is 0 Å². The molecule has 0 unspecified atom stereocenters. The van der Waals surface area contributed by atoms with Gasteiger partial charge in [0.05, 0.1) is 16.3 Å². The van der Waals surface area contributed by atoms with E-state index in [0.29, 0.717) is 17.9 Å². The maximum absolute atomic E-state index is 12.5. The summed E-state index contributed by atoms with van der Waals surface area (Å²) in [5.41, 5.74) is 1.46. The number of amides is 1. The van der Waals surface area contributed by atoms with Gasteiger partial charge in [0.25, 0.3) is 5.91 Å². The zero-order chi connectivity index (χ0) is 16.1. The molecule has 1 saturated heterocycles. The van der Waals surface area contributed by atoms with E-state index < -0.39 is 0 Å². The molecule has 1 aliphatic rings. The average molecular weight is 404 g/mol. The summed E-state index contributed by atoms with van der Waals surface area (Å²) in [5.74, 6) is 0.517. The number of halogens is 2. The standard InChI is InChI=1S/C17H21N3O2S.2ClH/c1-12-19-14(11-23-12)10-22-16-7-3-2-6-15(16)17(21)20-13-5-4-8-18-9-13;;/h2-3,6-7,11,13,18H,4-5,8-10H2,1H3,(H,20,21);2*1H/t13-;;/m0../s1. The first-order chi connectivity index (χ1) is 11.2. The fourth-order valence-corrected chi connectivity index (χ4v) is 3.24. The highest BCUT2D eigenvalue weighted by Gasteiger charge is 2.18. The molecule has 1 aromatic carbocycles. The molecule has 2 aromatic rings. The van der Waals surface area contributed by atoms with Gasteiger partial charge in [0, 0.05) is 18.0 Å². The third-order valence-electron chi connectivity index (χ3n) is 3.81. The Morgan fingerprint density at radius 1 is 1.40 bits per heavy atom. The van der Waals surface area contributed by atoms with Crippen LogP contribution in [0.1, 0.15) is 33.9 Å². The van der Waals surface area contributed by atoms with Crippen molar-refractivity contribution in [2.45, 2.75) is 32.4 Å². The van der Waals surface area contributed by atoms with E-state index in [2.05, 4.69) is 15.6 Å². The van der Waals surface area contributed by atoms with Crippen LogP contribution in [0.2, 0.25) is 0 Å². The number of hydrogen-bond donors (Lipinski definition) is 2. The third kappa shape index (κ3) is 6.15. The van der Waals surface area contributed by atoms with Crippen molar-refractivity contribution in [2.75, 3.05) is 13.1 Å². The third-order valence-corrected chi connectivity index (χ3v) is 4.63. The molecule has 2 N–H and O–H groups in total. The molecule has 1 amide bonds. The topological polar surface area (TPSA) is 63.2 Å². The molecule has 1 aliphatic heterocycles. The van der Waals surface area contributed by atoms with E-state index in [4.69, 9.17) is 4.74 Å². The molecule has 25 heavy (non-hydrogen) atoms. The fraction of sp³-hybridized carbons (Fsp3) is 0.412. The monoisotopic (exact) mass is 403 g/mol. The molecule has 5 nitrogen and oxygen atoms in total. The van der Waals surface area contributed by atoms with Crippen molar-refractivity contribution in [1.82, 2.24) is 15.6 Å². The predicted molar refractivity (Wildman–Crippen MR) is 105 cm³/mol. The average Bonchev–Trinajstić information content (AvgIpc) is 2.99. The van der Waals surface area contributed by atoms with Gasteiger partial charge in [-0.3, -0.25) is 4.79 Å². The summed E-state index contributed by atoms with van der Waals surface area (Å²) in [6.07, 6.45) is 2.10. The van der Waals surface area contributed by atoms with Crippen LogP contribution in [0.3, 0.4) is 0 Å². The lowest BCUT2D eigenvalue weighted by molar-refractivity contribution is 0.0926. The smallest absolute Gasteiger partial charge is 0.255 e. The summed E-state index contributed by atoms with van der Waals surface area (Å²) in [6, 6.07) is 7.54. The van der Waals surface area contributed by atoms with Crippen molar-refractivity contribution in [2.24, 2.45) is 0 Å². The Kier molecular flexibility index (Phi) is 9.21. The highest BCUT2D eigenvalue weighted by atomic mass is 35.5. The Bertz CT molecular complexity index is 675. The van der Waals surface area contributed by atoms with E-state index in [1.165, 1.54) is 0 Å². The van der Waals surface area contributed by atoms with Gasteiger partial charge < -0.3 is 15.4 Å². The Morgan fingerprint density at radius 2 is 2.20 bits per heavy atom.